The minimum atomic E-state index is -0.167. The highest BCUT2D eigenvalue weighted by atomic mass is 16.3. The number of carbonyl (C=O) groups is 1. The predicted octanol–water partition coefficient (Wildman–Crippen LogP) is 1.60. The lowest BCUT2D eigenvalue weighted by molar-refractivity contribution is 0.0830. The maximum absolute atomic E-state index is 12.1. The molecule has 0 aromatic carbocycles. The van der Waals surface area contributed by atoms with E-state index < -0.39 is 0 Å². The molecule has 0 radical (unpaired) electrons. The Kier molecular flexibility index (Phi) is 3.24. The van der Waals surface area contributed by atoms with E-state index in [1.54, 1.807) is 12.3 Å². The molecule has 1 heterocycles. The molecule has 17 heavy (non-hydrogen) atoms. The van der Waals surface area contributed by atoms with E-state index in [4.69, 9.17) is 0 Å². The van der Waals surface area contributed by atoms with Gasteiger partial charge >= 0.3 is 0 Å². The van der Waals surface area contributed by atoms with Crippen LogP contribution in [0.1, 0.15) is 42.2 Å². The number of aromatic amines is 1. The Balaban J connectivity index is 2.07. The van der Waals surface area contributed by atoms with Crippen LogP contribution in [0.2, 0.25) is 0 Å². The van der Waals surface area contributed by atoms with Gasteiger partial charge in [-0.25, -0.2) is 0 Å². The highest BCUT2D eigenvalue weighted by Gasteiger charge is 2.39. The van der Waals surface area contributed by atoms with Gasteiger partial charge in [-0.15, -0.1) is 0 Å². The smallest absolute Gasteiger partial charge is 0.253 e. The Morgan fingerprint density at radius 3 is 3.06 bits per heavy atom. The number of aliphatic hydroxyl groups excluding tert-OH is 1. The first kappa shape index (κ1) is 12.2. The molecule has 0 saturated heterocycles. The minimum absolute atomic E-state index is 0.0460. The summed E-state index contributed by atoms with van der Waals surface area (Å²) in [6.45, 7) is 4.05. The van der Waals surface area contributed by atoms with Gasteiger partial charge in [0.2, 0.25) is 0 Å². The third kappa shape index (κ3) is 2.22. The first-order valence-corrected chi connectivity index (χ1v) is 6.12. The highest BCUT2D eigenvalue weighted by molar-refractivity contribution is 5.95. The number of H-pyrrole nitrogens is 1. The van der Waals surface area contributed by atoms with Crippen LogP contribution in [-0.4, -0.2) is 28.6 Å². The number of aromatic nitrogens is 1. The van der Waals surface area contributed by atoms with Crippen molar-refractivity contribution < 1.29 is 9.90 Å². The zero-order chi connectivity index (χ0) is 12.5. The van der Waals surface area contributed by atoms with Gasteiger partial charge in [0.05, 0.1) is 12.2 Å². The van der Waals surface area contributed by atoms with Crippen molar-refractivity contribution in [2.75, 3.05) is 6.61 Å². The lowest BCUT2D eigenvalue weighted by atomic mass is 9.85. The molecule has 2 unspecified atom stereocenters. The standard InChI is InChI=1S/C13H20N2O2/c1-9-10(5-7-14-9)12(17)15-11-4-3-6-13(11,2)8-16/h5,7,11,14,16H,3-4,6,8H2,1-2H3,(H,15,17). The van der Waals surface area contributed by atoms with Crippen LogP contribution in [0, 0.1) is 12.3 Å². The summed E-state index contributed by atoms with van der Waals surface area (Å²) in [6, 6.07) is 1.87. The van der Waals surface area contributed by atoms with Crippen molar-refractivity contribution in [3.63, 3.8) is 0 Å². The maximum Gasteiger partial charge on any atom is 0.253 e. The molecular formula is C13H20N2O2. The summed E-state index contributed by atoms with van der Waals surface area (Å²) >= 11 is 0. The normalized spacial score (nSPS) is 28.3. The Labute approximate surface area is 101 Å². The van der Waals surface area contributed by atoms with Crippen molar-refractivity contribution in [3.8, 4) is 0 Å². The molecule has 1 aliphatic carbocycles. The van der Waals surface area contributed by atoms with Crippen molar-refractivity contribution >= 4 is 5.91 Å². The average molecular weight is 236 g/mol. The number of hydrogen-bond acceptors (Lipinski definition) is 2. The molecule has 1 fully saturated rings. The van der Waals surface area contributed by atoms with Crippen molar-refractivity contribution in [1.82, 2.24) is 10.3 Å². The summed E-state index contributed by atoms with van der Waals surface area (Å²) in [7, 11) is 0. The van der Waals surface area contributed by atoms with E-state index in [-0.39, 0.29) is 24.0 Å². The monoisotopic (exact) mass is 236 g/mol. The predicted molar refractivity (Wildman–Crippen MR) is 65.8 cm³/mol. The number of nitrogens with one attached hydrogen (secondary N) is 2. The fourth-order valence-corrected chi connectivity index (χ4v) is 2.60. The molecule has 1 aromatic heterocycles. The van der Waals surface area contributed by atoms with Gasteiger partial charge in [-0.05, 0) is 25.8 Å². The molecule has 4 nitrogen and oxygen atoms in total. The first-order chi connectivity index (χ1) is 8.07. The lowest BCUT2D eigenvalue weighted by Gasteiger charge is -2.30. The van der Waals surface area contributed by atoms with Crippen molar-refractivity contribution in [3.05, 3.63) is 23.5 Å². The van der Waals surface area contributed by atoms with Crippen LogP contribution in [0.4, 0.5) is 0 Å². The van der Waals surface area contributed by atoms with E-state index in [2.05, 4.69) is 10.3 Å². The van der Waals surface area contributed by atoms with E-state index in [0.717, 1.165) is 25.0 Å². The van der Waals surface area contributed by atoms with Crippen molar-refractivity contribution in [2.24, 2.45) is 5.41 Å². The van der Waals surface area contributed by atoms with Gasteiger partial charge in [-0.2, -0.15) is 0 Å². The molecule has 1 aromatic rings. The number of rotatable bonds is 3. The molecule has 0 bridgehead atoms. The van der Waals surface area contributed by atoms with Crippen molar-refractivity contribution in [1.29, 1.82) is 0 Å². The molecule has 1 amide bonds. The van der Waals surface area contributed by atoms with Gasteiger partial charge in [0.15, 0.2) is 0 Å². The molecule has 0 aliphatic heterocycles. The lowest BCUT2D eigenvalue weighted by Crippen LogP contribution is -2.44. The highest BCUT2D eigenvalue weighted by Crippen LogP contribution is 2.37. The molecule has 1 aliphatic rings. The van der Waals surface area contributed by atoms with E-state index >= 15 is 0 Å². The molecule has 3 N–H and O–H groups in total. The van der Waals surface area contributed by atoms with E-state index in [1.807, 2.05) is 13.8 Å². The fourth-order valence-electron chi connectivity index (χ4n) is 2.60. The third-order valence-electron chi connectivity index (χ3n) is 3.95. The Morgan fingerprint density at radius 1 is 1.71 bits per heavy atom. The van der Waals surface area contributed by atoms with Crippen LogP contribution in [0.15, 0.2) is 12.3 Å². The second-order valence-electron chi connectivity index (χ2n) is 5.25. The molecule has 94 valence electrons. The average Bonchev–Trinajstić information content (AvgIpc) is 2.87. The van der Waals surface area contributed by atoms with Crippen LogP contribution in [0.25, 0.3) is 0 Å². The van der Waals surface area contributed by atoms with Gasteiger partial charge in [0.25, 0.3) is 5.91 Å². The molecule has 2 rings (SSSR count). The summed E-state index contributed by atoms with van der Waals surface area (Å²) < 4.78 is 0. The summed E-state index contributed by atoms with van der Waals surface area (Å²) in [5.74, 6) is -0.0460. The summed E-state index contributed by atoms with van der Waals surface area (Å²) in [4.78, 5) is 15.1. The van der Waals surface area contributed by atoms with Gasteiger partial charge in [-0.3, -0.25) is 4.79 Å². The second-order valence-corrected chi connectivity index (χ2v) is 5.25. The zero-order valence-corrected chi connectivity index (χ0v) is 10.4. The van der Waals surface area contributed by atoms with Crippen LogP contribution >= 0.6 is 0 Å². The van der Waals surface area contributed by atoms with Gasteiger partial charge < -0.3 is 15.4 Å². The molecule has 2 atom stereocenters. The van der Waals surface area contributed by atoms with Gasteiger partial charge in [-0.1, -0.05) is 13.3 Å². The number of hydrogen-bond donors (Lipinski definition) is 3. The Bertz CT molecular complexity index is 413. The zero-order valence-electron chi connectivity index (χ0n) is 10.4. The maximum atomic E-state index is 12.1. The first-order valence-electron chi connectivity index (χ1n) is 6.12. The van der Waals surface area contributed by atoms with Gasteiger partial charge in [0.1, 0.15) is 0 Å². The molecule has 1 saturated carbocycles. The van der Waals surface area contributed by atoms with Crippen molar-refractivity contribution in [2.45, 2.75) is 39.2 Å². The molecule has 4 heteroatoms. The minimum Gasteiger partial charge on any atom is -0.396 e. The van der Waals surface area contributed by atoms with Crippen LogP contribution in [0.5, 0.6) is 0 Å². The van der Waals surface area contributed by atoms with E-state index in [1.165, 1.54) is 0 Å². The number of amides is 1. The number of aliphatic hydroxyl groups is 1. The summed E-state index contributed by atoms with van der Waals surface area (Å²) in [6.07, 6.45) is 4.76. The van der Waals surface area contributed by atoms with Gasteiger partial charge in [0, 0.05) is 23.3 Å². The van der Waals surface area contributed by atoms with E-state index in [0.29, 0.717) is 5.56 Å². The SMILES string of the molecule is Cc1[nH]ccc1C(=O)NC1CCCC1(C)CO. The summed E-state index contributed by atoms with van der Waals surface area (Å²) in [5.41, 5.74) is 1.41. The molecule has 0 spiro atoms. The molecular weight excluding hydrogens is 216 g/mol. The van der Waals surface area contributed by atoms with Crippen LogP contribution < -0.4 is 5.32 Å². The topological polar surface area (TPSA) is 65.1 Å². The second kappa shape index (κ2) is 4.53. The summed E-state index contributed by atoms with van der Waals surface area (Å²) in [5, 5.41) is 12.5. The van der Waals surface area contributed by atoms with Crippen LogP contribution in [-0.2, 0) is 0 Å². The Morgan fingerprint density at radius 2 is 2.47 bits per heavy atom. The van der Waals surface area contributed by atoms with E-state index in [9.17, 15) is 9.90 Å². The fraction of sp³-hybridized carbons (Fsp3) is 0.615. The number of carbonyl (C=O) groups excluding carboxylic acids is 1. The largest absolute Gasteiger partial charge is 0.396 e. The number of aryl methyl sites for hydroxylation is 1. The quantitative estimate of drug-likeness (QED) is 0.746. The third-order valence-corrected chi connectivity index (χ3v) is 3.95. The van der Waals surface area contributed by atoms with Crippen LogP contribution in [0.3, 0.4) is 0 Å². The Hall–Kier alpha value is -1.29.